The highest BCUT2D eigenvalue weighted by atomic mass is 35.5. The minimum Gasteiger partial charge on any atom is -0.494 e. The number of benzene rings is 2. The second-order valence-corrected chi connectivity index (χ2v) is 8.19. The van der Waals surface area contributed by atoms with Crippen molar-refractivity contribution in [2.75, 3.05) is 12.9 Å². The number of hydrogen-bond donors (Lipinski definition) is 2. The number of carbonyl (C=O) groups excluding carboxylic acids is 1. The molecule has 4 nitrogen and oxygen atoms in total. The highest BCUT2D eigenvalue weighted by Gasteiger charge is 2.31. The molecule has 3 rings (SSSR count). The molecule has 166 valence electrons. The number of fused-ring (bicyclic) bond motifs is 1. The SMILES string of the molecule is CSNC(=O)c1[nH]c2cc(C(F)(F)F)ccc2c1CCCOc1cc(C)c(Cl)c(C)c1. The number of amides is 1. The maximum absolute atomic E-state index is 13.1. The summed E-state index contributed by atoms with van der Waals surface area (Å²) in [5.74, 6) is 0.325. The standard InChI is InChI=1S/C22H22ClF3N2O2S/c1-12-9-15(10-13(2)19(12)23)30-8-4-5-17-16-7-6-14(22(24,25)26)11-18(16)27-20(17)21(29)28-31-3/h6-7,9-11,27H,4-5,8H2,1-3H3,(H,28,29). The molecule has 0 spiro atoms. The minimum absolute atomic E-state index is 0.266. The van der Waals surface area contributed by atoms with Gasteiger partial charge in [0.1, 0.15) is 11.4 Å². The number of ether oxygens (including phenoxy) is 1. The molecule has 1 amide bonds. The topological polar surface area (TPSA) is 54.1 Å². The zero-order valence-electron chi connectivity index (χ0n) is 17.2. The molecule has 0 radical (unpaired) electrons. The molecule has 9 heteroatoms. The van der Waals surface area contributed by atoms with Gasteiger partial charge >= 0.3 is 6.18 Å². The summed E-state index contributed by atoms with van der Waals surface area (Å²) in [6, 6.07) is 7.19. The van der Waals surface area contributed by atoms with Crippen molar-refractivity contribution < 1.29 is 22.7 Å². The number of aryl methyl sites for hydroxylation is 3. The molecule has 3 aromatic rings. The van der Waals surface area contributed by atoms with Gasteiger partial charge in [-0.05, 0) is 67.6 Å². The maximum Gasteiger partial charge on any atom is 0.416 e. The van der Waals surface area contributed by atoms with E-state index in [1.165, 1.54) is 6.07 Å². The summed E-state index contributed by atoms with van der Waals surface area (Å²) in [7, 11) is 0. The fourth-order valence-electron chi connectivity index (χ4n) is 3.46. The van der Waals surface area contributed by atoms with Crippen LogP contribution in [-0.2, 0) is 12.6 Å². The first-order valence-corrected chi connectivity index (χ1v) is 11.2. The first-order valence-electron chi connectivity index (χ1n) is 9.56. The molecule has 1 heterocycles. The molecule has 0 fully saturated rings. The number of aromatic nitrogens is 1. The van der Waals surface area contributed by atoms with Gasteiger partial charge in [0.05, 0.1) is 12.2 Å². The number of rotatable bonds is 7. The van der Waals surface area contributed by atoms with E-state index < -0.39 is 11.7 Å². The zero-order valence-corrected chi connectivity index (χ0v) is 18.8. The van der Waals surface area contributed by atoms with E-state index in [1.54, 1.807) is 6.26 Å². The lowest BCUT2D eigenvalue weighted by Gasteiger charge is -2.10. The van der Waals surface area contributed by atoms with Gasteiger partial charge in [0.25, 0.3) is 5.91 Å². The molecular weight excluding hydrogens is 449 g/mol. The van der Waals surface area contributed by atoms with E-state index in [0.717, 1.165) is 35.2 Å². The van der Waals surface area contributed by atoms with Gasteiger partial charge in [0.2, 0.25) is 0 Å². The van der Waals surface area contributed by atoms with E-state index in [9.17, 15) is 18.0 Å². The lowest BCUT2D eigenvalue weighted by molar-refractivity contribution is -0.137. The highest BCUT2D eigenvalue weighted by Crippen LogP contribution is 2.33. The van der Waals surface area contributed by atoms with Crippen molar-refractivity contribution in [3.8, 4) is 5.75 Å². The summed E-state index contributed by atoms with van der Waals surface area (Å²) < 4.78 is 47.7. The fraction of sp³-hybridized carbons (Fsp3) is 0.318. The summed E-state index contributed by atoms with van der Waals surface area (Å²) in [6.07, 6.45) is -1.71. The van der Waals surface area contributed by atoms with Gasteiger partial charge in [0.15, 0.2) is 0 Å². The van der Waals surface area contributed by atoms with Crippen molar-refractivity contribution in [3.63, 3.8) is 0 Å². The van der Waals surface area contributed by atoms with Crippen LogP contribution >= 0.6 is 23.5 Å². The molecule has 2 N–H and O–H groups in total. The Morgan fingerprint density at radius 3 is 2.48 bits per heavy atom. The molecule has 0 aliphatic heterocycles. The normalized spacial score (nSPS) is 11.7. The van der Waals surface area contributed by atoms with E-state index >= 15 is 0 Å². The summed E-state index contributed by atoms with van der Waals surface area (Å²) in [4.78, 5) is 15.3. The second-order valence-electron chi connectivity index (χ2n) is 7.20. The third kappa shape index (κ3) is 5.30. The van der Waals surface area contributed by atoms with Gasteiger partial charge in [-0.25, -0.2) is 0 Å². The number of nitrogens with one attached hydrogen (secondary N) is 2. The average molecular weight is 471 g/mol. The lowest BCUT2D eigenvalue weighted by atomic mass is 10.0. The van der Waals surface area contributed by atoms with Gasteiger partial charge in [-0.3, -0.25) is 9.52 Å². The van der Waals surface area contributed by atoms with Crippen molar-refractivity contribution in [3.05, 3.63) is 63.3 Å². The van der Waals surface area contributed by atoms with Crippen LogP contribution in [0.3, 0.4) is 0 Å². The van der Waals surface area contributed by atoms with Crippen LogP contribution in [0.5, 0.6) is 5.75 Å². The molecule has 0 bridgehead atoms. The summed E-state index contributed by atoms with van der Waals surface area (Å²) in [6.45, 7) is 4.19. The molecule has 1 aromatic heterocycles. The Kier molecular flexibility index (Phi) is 7.11. The predicted octanol–water partition coefficient (Wildman–Crippen LogP) is 6.48. The minimum atomic E-state index is -4.45. The van der Waals surface area contributed by atoms with Crippen molar-refractivity contribution in [2.45, 2.75) is 32.9 Å². The predicted molar refractivity (Wildman–Crippen MR) is 119 cm³/mol. The number of halogens is 4. The Morgan fingerprint density at radius 2 is 1.87 bits per heavy atom. The van der Waals surface area contributed by atoms with Crippen molar-refractivity contribution in [1.82, 2.24) is 9.71 Å². The Bertz CT molecular complexity index is 1090. The van der Waals surface area contributed by atoms with Crippen LogP contribution < -0.4 is 9.46 Å². The number of H-pyrrole nitrogens is 1. The Labute approximate surface area is 187 Å². The second kappa shape index (κ2) is 9.44. The molecule has 0 saturated carbocycles. The largest absolute Gasteiger partial charge is 0.494 e. The van der Waals surface area contributed by atoms with E-state index in [4.69, 9.17) is 16.3 Å². The van der Waals surface area contributed by atoms with E-state index in [2.05, 4.69) is 9.71 Å². The van der Waals surface area contributed by atoms with Crippen LogP contribution in [0.1, 0.15) is 39.2 Å². The van der Waals surface area contributed by atoms with Crippen LogP contribution in [0, 0.1) is 13.8 Å². The molecule has 0 unspecified atom stereocenters. The monoisotopic (exact) mass is 470 g/mol. The fourth-order valence-corrected chi connectivity index (χ4v) is 3.85. The quantitative estimate of drug-likeness (QED) is 0.307. The number of alkyl halides is 3. The van der Waals surface area contributed by atoms with E-state index in [1.807, 2.05) is 26.0 Å². The first kappa shape index (κ1) is 23.3. The van der Waals surface area contributed by atoms with Gasteiger partial charge in [-0.1, -0.05) is 29.6 Å². The third-order valence-electron chi connectivity index (χ3n) is 4.91. The van der Waals surface area contributed by atoms with Crippen molar-refractivity contribution in [2.24, 2.45) is 0 Å². The number of carbonyl (C=O) groups is 1. The summed E-state index contributed by atoms with van der Waals surface area (Å²) >= 11 is 7.30. The Hall–Kier alpha value is -2.32. The third-order valence-corrected chi connectivity index (χ3v) is 5.89. The van der Waals surface area contributed by atoms with Gasteiger partial charge < -0.3 is 9.72 Å². The van der Waals surface area contributed by atoms with Crippen LogP contribution in [-0.4, -0.2) is 23.8 Å². The van der Waals surface area contributed by atoms with E-state index in [-0.39, 0.29) is 17.1 Å². The molecule has 31 heavy (non-hydrogen) atoms. The molecule has 2 aromatic carbocycles. The Balaban J connectivity index is 1.81. The molecule has 0 saturated heterocycles. The number of hydrogen-bond acceptors (Lipinski definition) is 3. The lowest BCUT2D eigenvalue weighted by Crippen LogP contribution is -2.17. The number of aromatic amines is 1. The average Bonchev–Trinajstić information content (AvgIpc) is 3.07. The molecule has 0 aliphatic carbocycles. The molecule has 0 atom stereocenters. The summed E-state index contributed by atoms with van der Waals surface area (Å²) in [5.41, 5.74) is 2.29. The van der Waals surface area contributed by atoms with Crippen LogP contribution in [0.4, 0.5) is 13.2 Å². The van der Waals surface area contributed by atoms with Gasteiger partial charge in [-0.15, -0.1) is 0 Å². The molecular formula is C22H22ClF3N2O2S. The Morgan fingerprint density at radius 1 is 1.19 bits per heavy atom. The van der Waals surface area contributed by atoms with Crippen molar-refractivity contribution in [1.29, 1.82) is 0 Å². The summed E-state index contributed by atoms with van der Waals surface area (Å²) in [5, 5.41) is 1.30. The first-order chi connectivity index (χ1) is 14.6. The smallest absolute Gasteiger partial charge is 0.416 e. The highest BCUT2D eigenvalue weighted by molar-refractivity contribution is 7.97. The van der Waals surface area contributed by atoms with Crippen LogP contribution in [0.25, 0.3) is 10.9 Å². The van der Waals surface area contributed by atoms with Gasteiger partial charge in [0, 0.05) is 22.2 Å². The van der Waals surface area contributed by atoms with Crippen LogP contribution in [0.15, 0.2) is 30.3 Å². The van der Waals surface area contributed by atoms with Crippen molar-refractivity contribution >= 4 is 40.4 Å². The molecule has 0 aliphatic rings. The van der Waals surface area contributed by atoms with Gasteiger partial charge in [-0.2, -0.15) is 13.2 Å². The van der Waals surface area contributed by atoms with Crippen LogP contribution in [0.2, 0.25) is 5.02 Å². The van der Waals surface area contributed by atoms with E-state index in [0.29, 0.717) is 41.2 Å². The zero-order chi connectivity index (χ0) is 22.8. The maximum atomic E-state index is 13.1.